The van der Waals surface area contributed by atoms with E-state index in [-0.39, 0.29) is 11.7 Å². The third-order valence-electron chi connectivity index (χ3n) is 4.45. The highest BCUT2D eigenvalue weighted by molar-refractivity contribution is 6.35. The molecule has 0 unspecified atom stereocenters. The van der Waals surface area contributed by atoms with Crippen LogP contribution in [0.1, 0.15) is 36.6 Å². The molecular weight excluding hydrogens is 357 g/mol. The second kappa shape index (κ2) is 7.61. The minimum absolute atomic E-state index is 0.141. The van der Waals surface area contributed by atoms with Gasteiger partial charge >= 0.3 is 5.63 Å². The van der Waals surface area contributed by atoms with Gasteiger partial charge in [0.1, 0.15) is 18.2 Å². The van der Waals surface area contributed by atoms with Crippen LogP contribution in [0.25, 0.3) is 11.0 Å². The molecule has 2 aromatic carbocycles. The second-order valence-electron chi connectivity index (χ2n) is 6.17. The molecule has 0 spiro atoms. The number of halogens is 2. The fraction of sp³-hybridized carbons (Fsp3) is 0.250. The number of hydrogen-bond acceptors (Lipinski definition) is 2. The molecule has 0 radical (unpaired) electrons. The SMILES string of the molecule is CCc1ccc2c(C[NH2+][C@H](C)c3ccc(Cl)cc3Cl)cc(=O)oc2c1. The second-order valence-corrected chi connectivity index (χ2v) is 7.01. The van der Waals surface area contributed by atoms with E-state index in [0.29, 0.717) is 22.2 Å². The van der Waals surface area contributed by atoms with Gasteiger partial charge in [0.25, 0.3) is 0 Å². The van der Waals surface area contributed by atoms with Crippen molar-refractivity contribution >= 4 is 34.2 Å². The molecular formula is C20H20Cl2NO2+. The maximum Gasteiger partial charge on any atom is 0.336 e. The highest BCUT2D eigenvalue weighted by atomic mass is 35.5. The van der Waals surface area contributed by atoms with Crippen molar-refractivity contribution in [2.45, 2.75) is 32.9 Å². The van der Waals surface area contributed by atoms with Crippen molar-refractivity contribution in [2.24, 2.45) is 0 Å². The molecule has 0 bridgehead atoms. The molecule has 1 aromatic heterocycles. The normalized spacial score (nSPS) is 12.5. The summed E-state index contributed by atoms with van der Waals surface area (Å²) in [7, 11) is 0. The van der Waals surface area contributed by atoms with Gasteiger partial charge in [-0.05, 0) is 37.1 Å². The van der Waals surface area contributed by atoms with Gasteiger partial charge in [0.2, 0.25) is 0 Å². The van der Waals surface area contributed by atoms with Gasteiger partial charge < -0.3 is 9.73 Å². The third kappa shape index (κ3) is 4.06. The van der Waals surface area contributed by atoms with E-state index >= 15 is 0 Å². The van der Waals surface area contributed by atoms with Crippen LogP contribution in [-0.4, -0.2) is 0 Å². The van der Waals surface area contributed by atoms with Crippen LogP contribution in [0, 0.1) is 0 Å². The van der Waals surface area contributed by atoms with E-state index in [0.717, 1.165) is 28.5 Å². The van der Waals surface area contributed by atoms with Crippen molar-refractivity contribution in [3.63, 3.8) is 0 Å². The monoisotopic (exact) mass is 376 g/mol. The summed E-state index contributed by atoms with van der Waals surface area (Å²) in [5.41, 5.74) is 3.46. The maximum absolute atomic E-state index is 11.9. The molecule has 0 saturated carbocycles. The first-order valence-electron chi connectivity index (χ1n) is 8.32. The van der Waals surface area contributed by atoms with Crippen LogP contribution in [0.2, 0.25) is 10.0 Å². The van der Waals surface area contributed by atoms with Gasteiger partial charge in [-0.3, -0.25) is 0 Å². The maximum atomic E-state index is 11.9. The number of nitrogens with two attached hydrogens (primary N) is 1. The van der Waals surface area contributed by atoms with E-state index in [1.54, 1.807) is 12.1 Å². The molecule has 2 N–H and O–H groups in total. The Morgan fingerprint density at radius 3 is 2.64 bits per heavy atom. The average Bonchev–Trinajstić information content (AvgIpc) is 2.58. The van der Waals surface area contributed by atoms with Crippen LogP contribution >= 0.6 is 23.2 Å². The van der Waals surface area contributed by atoms with Gasteiger partial charge in [-0.2, -0.15) is 0 Å². The summed E-state index contributed by atoms with van der Waals surface area (Å²) in [4.78, 5) is 11.9. The fourth-order valence-electron chi connectivity index (χ4n) is 2.96. The number of benzene rings is 2. The first-order valence-corrected chi connectivity index (χ1v) is 9.07. The zero-order valence-corrected chi connectivity index (χ0v) is 15.7. The van der Waals surface area contributed by atoms with Gasteiger partial charge in [-0.15, -0.1) is 0 Å². The van der Waals surface area contributed by atoms with E-state index in [1.165, 1.54) is 0 Å². The van der Waals surface area contributed by atoms with E-state index in [2.05, 4.69) is 25.2 Å². The molecule has 0 aliphatic heterocycles. The lowest BCUT2D eigenvalue weighted by Gasteiger charge is -2.14. The number of rotatable bonds is 5. The molecule has 130 valence electrons. The molecule has 3 aromatic rings. The zero-order valence-electron chi connectivity index (χ0n) is 14.2. The van der Waals surface area contributed by atoms with Gasteiger partial charge in [-0.1, -0.05) is 48.3 Å². The van der Waals surface area contributed by atoms with E-state index < -0.39 is 0 Å². The standard InChI is InChI=1S/C20H19Cl2NO2/c1-3-13-4-6-17-14(9-20(24)25-19(17)8-13)11-23-12(2)16-7-5-15(21)10-18(16)22/h4-10,12,23H,3,11H2,1-2H3/p+1/t12-/m1/s1. The number of fused-ring (bicyclic) bond motifs is 1. The highest BCUT2D eigenvalue weighted by Gasteiger charge is 2.15. The lowest BCUT2D eigenvalue weighted by molar-refractivity contribution is -0.707. The zero-order chi connectivity index (χ0) is 18.0. The van der Waals surface area contributed by atoms with Crippen molar-refractivity contribution in [3.05, 3.63) is 79.6 Å². The lowest BCUT2D eigenvalue weighted by atomic mass is 10.0. The highest BCUT2D eigenvalue weighted by Crippen LogP contribution is 2.24. The summed E-state index contributed by atoms with van der Waals surface area (Å²) >= 11 is 12.3. The molecule has 1 heterocycles. The Hall–Kier alpha value is -1.81. The molecule has 1 atom stereocenters. The Bertz CT molecular complexity index is 966. The van der Waals surface area contributed by atoms with Gasteiger partial charge in [-0.25, -0.2) is 4.79 Å². The smallest absolute Gasteiger partial charge is 0.336 e. The molecule has 3 nitrogen and oxygen atoms in total. The molecule has 0 saturated heterocycles. The number of hydrogen-bond donors (Lipinski definition) is 1. The number of aryl methyl sites for hydroxylation is 1. The van der Waals surface area contributed by atoms with Crippen LogP contribution in [0.4, 0.5) is 0 Å². The van der Waals surface area contributed by atoms with Crippen LogP contribution in [0.15, 0.2) is 51.7 Å². The quantitative estimate of drug-likeness (QED) is 0.666. The minimum Gasteiger partial charge on any atom is -0.423 e. The largest absolute Gasteiger partial charge is 0.423 e. The summed E-state index contributed by atoms with van der Waals surface area (Å²) < 4.78 is 5.36. The Balaban J connectivity index is 1.86. The molecule has 0 aliphatic carbocycles. The van der Waals surface area contributed by atoms with E-state index in [1.807, 2.05) is 24.3 Å². The van der Waals surface area contributed by atoms with E-state index in [9.17, 15) is 4.79 Å². The molecule has 5 heteroatoms. The summed E-state index contributed by atoms with van der Waals surface area (Å²) in [6, 6.07) is 13.3. The lowest BCUT2D eigenvalue weighted by Crippen LogP contribution is -2.83. The average molecular weight is 377 g/mol. The summed E-state index contributed by atoms with van der Waals surface area (Å²) in [5, 5.41) is 4.40. The fourth-order valence-corrected chi connectivity index (χ4v) is 3.55. The van der Waals surface area contributed by atoms with Crippen LogP contribution in [-0.2, 0) is 13.0 Å². The van der Waals surface area contributed by atoms with Crippen molar-refractivity contribution in [2.75, 3.05) is 0 Å². The van der Waals surface area contributed by atoms with Crippen LogP contribution in [0.5, 0.6) is 0 Å². The van der Waals surface area contributed by atoms with Crippen molar-refractivity contribution in [3.8, 4) is 0 Å². The molecule has 0 amide bonds. The molecule has 25 heavy (non-hydrogen) atoms. The van der Waals surface area contributed by atoms with Gasteiger partial charge in [0, 0.05) is 27.6 Å². The Labute approximate surface area is 156 Å². The third-order valence-corrected chi connectivity index (χ3v) is 5.01. The summed E-state index contributed by atoms with van der Waals surface area (Å²) in [6.45, 7) is 4.82. The van der Waals surface area contributed by atoms with Crippen LogP contribution in [0.3, 0.4) is 0 Å². The predicted molar refractivity (Wildman–Crippen MR) is 102 cm³/mol. The predicted octanol–water partition coefficient (Wildman–Crippen LogP) is 4.49. The van der Waals surface area contributed by atoms with Gasteiger partial charge in [0.15, 0.2) is 0 Å². The molecule has 3 rings (SSSR count). The summed E-state index contributed by atoms with van der Waals surface area (Å²) in [5.74, 6) is 0. The van der Waals surface area contributed by atoms with Crippen molar-refractivity contribution in [1.82, 2.24) is 0 Å². The Morgan fingerprint density at radius 2 is 1.92 bits per heavy atom. The minimum atomic E-state index is -0.318. The van der Waals surface area contributed by atoms with Crippen molar-refractivity contribution < 1.29 is 9.73 Å². The van der Waals surface area contributed by atoms with Crippen LogP contribution < -0.4 is 10.9 Å². The first-order chi connectivity index (χ1) is 12.0. The molecule has 0 fully saturated rings. The Kier molecular flexibility index (Phi) is 5.48. The van der Waals surface area contributed by atoms with E-state index in [4.69, 9.17) is 27.6 Å². The topological polar surface area (TPSA) is 46.8 Å². The van der Waals surface area contributed by atoms with Crippen molar-refractivity contribution in [1.29, 1.82) is 0 Å². The molecule has 0 aliphatic rings. The van der Waals surface area contributed by atoms with Gasteiger partial charge in [0.05, 0.1) is 5.02 Å². The number of quaternary nitrogens is 1. The first kappa shape index (κ1) is 18.0. The summed E-state index contributed by atoms with van der Waals surface area (Å²) in [6.07, 6.45) is 0.905. The Morgan fingerprint density at radius 1 is 1.12 bits per heavy atom.